The summed E-state index contributed by atoms with van der Waals surface area (Å²) < 4.78 is 5.60. The number of carbonyl (C=O) groups is 1. The van der Waals surface area contributed by atoms with Gasteiger partial charge in [-0.15, -0.1) is 0 Å². The number of methoxy groups -OCH3 is 1. The molecule has 0 amide bonds. The lowest BCUT2D eigenvalue weighted by Gasteiger charge is -2.26. The number of rotatable bonds is 3. The summed E-state index contributed by atoms with van der Waals surface area (Å²) in [6, 6.07) is 3.87. The van der Waals surface area contributed by atoms with Crippen LogP contribution < -0.4 is 4.74 Å². The SMILES string of the molecule is COc1c(C2(C(=O)O)CCCC2)ccc2[nH]cc(C)c12. The van der Waals surface area contributed by atoms with Gasteiger partial charge < -0.3 is 14.8 Å². The second-order valence-electron chi connectivity index (χ2n) is 5.63. The van der Waals surface area contributed by atoms with Crippen molar-refractivity contribution in [1.29, 1.82) is 0 Å². The van der Waals surface area contributed by atoms with E-state index < -0.39 is 11.4 Å². The van der Waals surface area contributed by atoms with Crippen molar-refractivity contribution in [2.75, 3.05) is 7.11 Å². The topological polar surface area (TPSA) is 62.3 Å². The molecule has 2 aromatic rings. The molecule has 0 unspecified atom stereocenters. The number of fused-ring (bicyclic) bond motifs is 1. The van der Waals surface area contributed by atoms with E-state index in [-0.39, 0.29) is 0 Å². The van der Waals surface area contributed by atoms with Crippen LogP contribution in [0, 0.1) is 6.92 Å². The fourth-order valence-corrected chi connectivity index (χ4v) is 3.52. The van der Waals surface area contributed by atoms with Crippen molar-refractivity contribution in [3.8, 4) is 5.75 Å². The van der Waals surface area contributed by atoms with Gasteiger partial charge in [-0.05, 0) is 31.4 Å². The molecule has 1 aromatic carbocycles. The third kappa shape index (κ3) is 1.64. The number of benzene rings is 1. The summed E-state index contributed by atoms with van der Waals surface area (Å²) in [6.07, 6.45) is 5.22. The Morgan fingerprint density at radius 2 is 2.05 bits per heavy atom. The Morgan fingerprint density at radius 3 is 2.65 bits per heavy atom. The van der Waals surface area contributed by atoms with Crippen molar-refractivity contribution < 1.29 is 14.6 Å². The summed E-state index contributed by atoms with van der Waals surface area (Å²) in [7, 11) is 1.62. The van der Waals surface area contributed by atoms with Crippen LogP contribution in [0.2, 0.25) is 0 Å². The van der Waals surface area contributed by atoms with Crippen LogP contribution in [0.15, 0.2) is 18.3 Å². The zero-order valence-corrected chi connectivity index (χ0v) is 11.8. The largest absolute Gasteiger partial charge is 0.496 e. The van der Waals surface area contributed by atoms with Crippen molar-refractivity contribution >= 4 is 16.9 Å². The van der Waals surface area contributed by atoms with Gasteiger partial charge in [0.05, 0.1) is 12.5 Å². The van der Waals surface area contributed by atoms with E-state index in [0.29, 0.717) is 18.6 Å². The molecule has 1 aliphatic rings. The van der Waals surface area contributed by atoms with Crippen LogP contribution in [-0.4, -0.2) is 23.2 Å². The van der Waals surface area contributed by atoms with Gasteiger partial charge in [0.2, 0.25) is 0 Å². The summed E-state index contributed by atoms with van der Waals surface area (Å²) in [5, 5.41) is 10.8. The van der Waals surface area contributed by atoms with E-state index in [2.05, 4.69) is 4.98 Å². The average molecular weight is 273 g/mol. The molecule has 1 saturated carbocycles. The Kier molecular flexibility index (Phi) is 2.96. The summed E-state index contributed by atoms with van der Waals surface area (Å²) in [5.74, 6) is -0.0219. The molecule has 0 aliphatic heterocycles. The van der Waals surface area contributed by atoms with Gasteiger partial charge in [0.15, 0.2) is 0 Å². The number of carboxylic acids is 1. The first-order valence-corrected chi connectivity index (χ1v) is 6.99. The van der Waals surface area contributed by atoms with Crippen molar-refractivity contribution in [2.45, 2.75) is 38.0 Å². The zero-order valence-electron chi connectivity index (χ0n) is 11.8. The molecule has 2 N–H and O–H groups in total. The lowest BCUT2D eigenvalue weighted by molar-refractivity contribution is -0.143. The van der Waals surface area contributed by atoms with Gasteiger partial charge in [0.1, 0.15) is 5.75 Å². The Morgan fingerprint density at radius 1 is 1.35 bits per heavy atom. The highest BCUT2D eigenvalue weighted by atomic mass is 16.5. The Balaban J connectivity index is 2.30. The standard InChI is InChI=1S/C16H19NO3/c1-10-9-17-12-6-5-11(14(20-2)13(10)12)16(15(18)19)7-3-4-8-16/h5-6,9,17H,3-4,7-8H2,1-2H3,(H,18,19). The van der Waals surface area contributed by atoms with Gasteiger partial charge in [-0.25, -0.2) is 0 Å². The van der Waals surface area contributed by atoms with Crippen LogP contribution in [0.25, 0.3) is 10.9 Å². The van der Waals surface area contributed by atoms with E-state index in [4.69, 9.17) is 4.74 Å². The Labute approximate surface area is 117 Å². The molecule has 1 fully saturated rings. The van der Waals surface area contributed by atoms with Crippen LogP contribution in [-0.2, 0) is 10.2 Å². The number of H-pyrrole nitrogens is 1. The molecule has 1 heterocycles. The highest BCUT2D eigenvalue weighted by molar-refractivity contribution is 5.94. The van der Waals surface area contributed by atoms with Crippen LogP contribution in [0.1, 0.15) is 36.8 Å². The number of carboxylic acid groups (broad SMARTS) is 1. The second-order valence-corrected chi connectivity index (χ2v) is 5.63. The molecule has 0 saturated heterocycles. The monoisotopic (exact) mass is 273 g/mol. The van der Waals surface area contributed by atoms with Crippen molar-refractivity contribution in [1.82, 2.24) is 4.98 Å². The van der Waals surface area contributed by atoms with Gasteiger partial charge in [0.25, 0.3) is 0 Å². The number of aromatic amines is 1. The third-order valence-electron chi connectivity index (χ3n) is 4.58. The number of aryl methyl sites for hydroxylation is 1. The van der Waals surface area contributed by atoms with E-state index in [9.17, 15) is 9.90 Å². The van der Waals surface area contributed by atoms with Crippen molar-refractivity contribution in [3.63, 3.8) is 0 Å². The van der Waals surface area contributed by atoms with E-state index >= 15 is 0 Å². The highest BCUT2D eigenvalue weighted by Gasteiger charge is 2.45. The lowest BCUT2D eigenvalue weighted by Crippen LogP contribution is -2.33. The molecule has 0 atom stereocenters. The van der Waals surface area contributed by atoms with Crippen LogP contribution in [0.5, 0.6) is 5.75 Å². The van der Waals surface area contributed by atoms with E-state index in [1.54, 1.807) is 7.11 Å². The van der Waals surface area contributed by atoms with Gasteiger partial charge in [-0.3, -0.25) is 4.79 Å². The minimum atomic E-state index is -0.788. The zero-order chi connectivity index (χ0) is 14.3. The summed E-state index contributed by atoms with van der Waals surface area (Å²) in [6.45, 7) is 2.01. The molecule has 0 radical (unpaired) electrons. The minimum absolute atomic E-state index is 0.688. The number of hydrogen-bond donors (Lipinski definition) is 2. The summed E-state index contributed by atoms with van der Waals surface area (Å²) >= 11 is 0. The number of ether oxygens (including phenoxy) is 1. The van der Waals surface area contributed by atoms with E-state index in [0.717, 1.165) is 34.9 Å². The maximum atomic E-state index is 11.9. The molecular weight excluding hydrogens is 254 g/mol. The van der Waals surface area contributed by atoms with Gasteiger partial charge in [0, 0.05) is 22.7 Å². The number of hydrogen-bond acceptors (Lipinski definition) is 2. The number of aromatic nitrogens is 1. The average Bonchev–Trinajstić information content (AvgIpc) is 3.06. The van der Waals surface area contributed by atoms with Gasteiger partial charge in [-0.1, -0.05) is 18.9 Å². The predicted octanol–water partition coefficient (Wildman–Crippen LogP) is 3.38. The van der Waals surface area contributed by atoms with Gasteiger partial charge in [-0.2, -0.15) is 0 Å². The van der Waals surface area contributed by atoms with Crippen LogP contribution in [0.3, 0.4) is 0 Å². The Hall–Kier alpha value is -1.97. The fourth-order valence-electron chi connectivity index (χ4n) is 3.52. The molecule has 106 valence electrons. The summed E-state index contributed by atoms with van der Waals surface area (Å²) in [5.41, 5.74) is 2.10. The van der Waals surface area contributed by atoms with Crippen LogP contribution in [0.4, 0.5) is 0 Å². The van der Waals surface area contributed by atoms with E-state index in [1.165, 1.54) is 0 Å². The predicted molar refractivity (Wildman–Crippen MR) is 77.4 cm³/mol. The second kappa shape index (κ2) is 4.54. The molecular formula is C16H19NO3. The first-order valence-electron chi connectivity index (χ1n) is 6.99. The molecule has 1 aliphatic carbocycles. The normalized spacial score (nSPS) is 17.5. The first-order chi connectivity index (χ1) is 9.60. The molecule has 1 aromatic heterocycles. The number of aliphatic carboxylic acids is 1. The molecule has 3 rings (SSSR count). The quantitative estimate of drug-likeness (QED) is 0.901. The molecule has 4 heteroatoms. The third-order valence-corrected chi connectivity index (χ3v) is 4.58. The molecule has 0 spiro atoms. The maximum Gasteiger partial charge on any atom is 0.314 e. The van der Waals surface area contributed by atoms with Gasteiger partial charge >= 0.3 is 5.97 Å². The minimum Gasteiger partial charge on any atom is -0.496 e. The number of nitrogens with one attached hydrogen (secondary N) is 1. The highest BCUT2D eigenvalue weighted by Crippen LogP contribution is 2.47. The molecule has 0 bridgehead atoms. The van der Waals surface area contributed by atoms with Crippen LogP contribution >= 0.6 is 0 Å². The maximum absolute atomic E-state index is 11.9. The molecule has 20 heavy (non-hydrogen) atoms. The first kappa shape index (κ1) is 13.0. The lowest BCUT2D eigenvalue weighted by atomic mass is 9.78. The van der Waals surface area contributed by atoms with E-state index in [1.807, 2.05) is 25.3 Å². The van der Waals surface area contributed by atoms with Crippen molar-refractivity contribution in [3.05, 3.63) is 29.5 Å². The smallest absolute Gasteiger partial charge is 0.314 e. The Bertz CT molecular complexity index is 666. The fraction of sp³-hybridized carbons (Fsp3) is 0.438. The molecule has 4 nitrogen and oxygen atoms in total. The summed E-state index contributed by atoms with van der Waals surface area (Å²) in [4.78, 5) is 15.1. The van der Waals surface area contributed by atoms with Crippen molar-refractivity contribution in [2.24, 2.45) is 0 Å².